The SMILES string of the molecule is CC(C)Oc1ncccc1CNCC1CCCCO1. The third-order valence-electron chi connectivity index (χ3n) is 3.16. The van der Waals surface area contributed by atoms with Gasteiger partial charge in [-0.05, 0) is 39.2 Å². The minimum absolute atomic E-state index is 0.148. The molecule has 4 heteroatoms. The average Bonchev–Trinajstić information content (AvgIpc) is 2.41. The fourth-order valence-corrected chi connectivity index (χ4v) is 2.22. The van der Waals surface area contributed by atoms with E-state index >= 15 is 0 Å². The first-order valence-corrected chi connectivity index (χ1v) is 7.18. The summed E-state index contributed by atoms with van der Waals surface area (Å²) < 4.78 is 11.4. The van der Waals surface area contributed by atoms with Crippen molar-refractivity contribution in [2.24, 2.45) is 0 Å². The van der Waals surface area contributed by atoms with Gasteiger partial charge in [0.25, 0.3) is 0 Å². The molecule has 1 aliphatic heterocycles. The standard InChI is InChI=1S/C15H24N2O2/c1-12(2)19-15-13(6-5-8-17-15)10-16-11-14-7-3-4-9-18-14/h5-6,8,12,14,16H,3-4,7,9-11H2,1-2H3. The smallest absolute Gasteiger partial charge is 0.218 e. The summed E-state index contributed by atoms with van der Waals surface area (Å²) in [5, 5.41) is 3.44. The Balaban J connectivity index is 1.81. The molecule has 4 nitrogen and oxygen atoms in total. The highest BCUT2D eigenvalue weighted by Gasteiger charge is 2.13. The lowest BCUT2D eigenvalue weighted by molar-refractivity contribution is 0.0167. The van der Waals surface area contributed by atoms with E-state index in [-0.39, 0.29) is 6.10 Å². The van der Waals surface area contributed by atoms with E-state index in [0.717, 1.165) is 37.6 Å². The minimum Gasteiger partial charge on any atom is -0.475 e. The van der Waals surface area contributed by atoms with Crippen LogP contribution in [-0.2, 0) is 11.3 Å². The van der Waals surface area contributed by atoms with E-state index in [9.17, 15) is 0 Å². The number of hydrogen-bond donors (Lipinski definition) is 1. The van der Waals surface area contributed by atoms with E-state index in [1.54, 1.807) is 6.20 Å². The van der Waals surface area contributed by atoms with Gasteiger partial charge in [0.15, 0.2) is 0 Å². The van der Waals surface area contributed by atoms with Crippen LogP contribution in [0.25, 0.3) is 0 Å². The van der Waals surface area contributed by atoms with E-state index in [1.165, 1.54) is 12.8 Å². The highest BCUT2D eigenvalue weighted by molar-refractivity contribution is 5.25. The summed E-state index contributed by atoms with van der Waals surface area (Å²) in [5.41, 5.74) is 1.10. The zero-order valence-electron chi connectivity index (χ0n) is 11.9. The zero-order valence-corrected chi connectivity index (χ0v) is 11.9. The van der Waals surface area contributed by atoms with Crippen molar-refractivity contribution in [3.63, 3.8) is 0 Å². The van der Waals surface area contributed by atoms with E-state index in [4.69, 9.17) is 9.47 Å². The van der Waals surface area contributed by atoms with Gasteiger partial charge >= 0.3 is 0 Å². The normalized spacial score (nSPS) is 19.6. The molecule has 0 spiro atoms. The Hall–Kier alpha value is -1.13. The summed E-state index contributed by atoms with van der Waals surface area (Å²) in [5.74, 6) is 0.731. The molecule has 0 bridgehead atoms. The predicted molar refractivity (Wildman–Crippen MR) is 75.3 cm³/mol. The van der Waals surface area contributed by atoms with Gasteiger partial charge in [-0.15, -0.1) is 0 Å². The Morgan fingerprint density at radius 3 is 3.11 bits per heavy atom. The van der Waals surface area contributed by atoms with Gasteiger partial charge in [0, 0.05) is 31.5 Å². The molecule has 19 heavy (non-hydrogen) atoms. The van der Waals surface area contributed by atoms with Crippen LogP contribution in [0.4, 0.5) is 0 Å². The number of ether oxygens (including phenoxy) is 2. The van der Waals surface area contributed by atoms with Crippen molar-refractivity contribution in [1.82, 2.24) is 10.3 Å². The Bertz CT molecular complexity index is 376. The molecule has 0 saturated carbocycles. The maximum Gasteiger partial charge on any atom is 0.218 e. The monoisotopic (exact) mass is 264 g/mol. The third kappa shape index (κ3) is 4.80. The van der Waals surface area contributed by atoms with Gasteiger partial charge < -0.3 is 14.8 Å². The second-order valence-electron chi connectivity index (χ2n) is 5.25. The van der Waals surface area contributed by atoms with Crippen LogP contribution in [0, 0.1) is 0 Å². The Kier molecular flexibility index (Phi) is 5.61. The first-order valence-electron chi connectivity index (χ1n) is 7.18. The predicted octanol–water partition coefficient (Wildman–Crippen LogP) is 2.53. The van der Waals surface area contributed by atoms with Crippen molar-refractivity contribution in [2.45, 2.75) is 51.9 Å². The highest BCUT2D eigenvalue weighted by atomic mass is 16.5. The lowest BCUT2D eigenvalue weighted by Gasteiger charge is -2.23. The average molecular weight is 264 g/mol. The van der Waals surface area contributed by atoms with Crippen LogP contribution in [0.3, 0.4) is 0 Å². The van der Waals surface area contributed by atoms with E-state index in [1.807, 2.05) is 19.9 Å². The molecule has 1 aliphatic rings. The molecule has 0 aromatic carbocycles. The first kappa shape index (κ1) is 14.3. The molecule has 2 rings (SSSR count). The number of pyridine rings is 1. The molecule has 0 radical (unpaired) electrons. The Labute approximate surface area is 115 Å². The minimum atomic E-state index is 0.148. The molecule has 1 aromatic rings. The molecule has 1 saturated heterocycles. The van der Waals surface area contributed by atoms with Gasteiger partial charge in [0.2, 0.25) is 5.88 Å². The van der Waals surface area contributed by atoms with E-state index in [0.29, 0.717) is 6.10 Å². The van der Waals surface area contributed by atoms with Crippen molar-refractivity contribution in [1.29, 1.82) is 0 Å². The number of nitrogens with one attached hydrogen (secondary N) is 1. The highest BCUT2D eigenvalue weighted by Crippen LogP contribution is 2.16. The molecule has 0 amide bonds. The topological polar surface area (TPSA) is 43.4 Å². The third-order valence-corrected chi connectivity index (χ3v) is 3.16. The fourth-order valence-electron chi connectivity index (χ4n) is 2.22. The molecule has 2 heterocycles. The van der Waals surface area contributed by atoms with Gasteiger partial charge in [-0.25, -0.2) is 4.98 Å². The van der Waals surface area contributed by atoms with Crippen molar-refractivity contribution in [2.75, 3.05) is 13.2 Å². The molecule has 106 valence electrons. The van der Waals surface area contributed by atoms with Crippen LogP contribution in [0.15, 0.2) is 18.3 Å². The quantitative estimate of drug-likeness (QED) is 0.857. The zero-order chi connectivity index (χ0) is 13.5. The second-order valence-corrected chi connectivity index (χ2v) is 5.25. The van der Waals surface area contributed by atoms with Crippen molar-refractivity contribution in [3.05, 3.63) is 23.9 Å². The van der Waals surface area contributed by atoms with Gasteiger partial charge in [-0.3, -0.25) is 0 Å². The maximum atomic E-state index is 5.71. The number of aromatic nitrogens is 1. The molecule has 1 atom stereocenters. The van der Waals surface area contributed by atoms with Crippen molar-refractivity contribution >= 4 is 0 Å². The second kappa shape index (κ2) is 7.46. The molecule has 1 unspecified atom stereocenters. The van der Waals surface area contributed by atoms with Gasteiger partial charge in [-0.2, -0.15) is 0 Å². The van der Waals surface area contributed by atoms with Gasteiger partial charge in [0.05, 0.1) is 12.2 Å². The first-order chi connectivity index (χ1) is 9.25. The number of rotatable bonds is 6. The fraction of sp³-hybridized carbons (Fsp3) is 0.667. The summed E-state index contributed by atoms with van der Waals surface area (Å²) in [6, 6.07) is 4.00. The molecular formula is C15H24N2O2. The largest absolute Gasteiger partial charge is 0.475 e. The van der Waals surface area contributed by atoms with E-state index < -0.39 is 0 Å². The Morgan fingerprint density at radius 1 is 1.47 bits per heavy atom. The number of hydrogen-bond acceptors (Lipinski definition) is 4. The summed E-state index contributed by atoms with van der Waals surface area (Å²) in [6.45, 7) is 6.61. The van der Waals surface area contributed by atoms with Crippen LogP contribution in [0.1, 0.15) is 38.7 Å². The lowest BCUT2D eigenvalue weighted by atomic mass is 10.1. The summed E-state index contributed by atoms with van der Waals surface area (Å²) >= 11 is 0. The summed E-state index contributed by atoms with van der Waals surface area (Å²) in [7, 11) is 0. The van der Waals surface area contributed by atoms with Crippen LogP contribution >= 0.6 is 0 Å². The summed E-state index contributed by atoms with van der Waals surface area (Å²) in [4.78, 5) is 4.29. The van der Waals surface area contributed by atoms with Crippen LogP contribution in [-0.4, -0.2) is 30.3 Å². The van der Waals surface area contributed by atoms with Crippen LogP contribution in [0.5, 0.6) is 5.88 Å². The maximum absolute atomic E-state index is 5.71. The molecule has 1 fully saturated rings. The Morgan fingerprint density at radius 2 is 2.37 bits per heavy atom. The van der Waals surface area contributed by atoms with Crippen LogP contribution in [0.2, 0.25) is 0 Å². The molecule has 1 aromatic heterocycles. The van der Waals surface area contributed by atoms with Crippen molar-refractivity contribution in [3.8, 4) is 5.88 Å². The van der Waals surface area contributed by atoms with E-state index in [2.05, 4.69) is 16.4 Å². The molecule has 0 aliphatic carbocycles. The summed E-state index contributed by atoms with van der Waals surface area (Å²) in [6.07, 6.45) is 5.92. The lowest BCUT2D eigenvalue weighted by Crippen LogP contribution is -2.31. The number of nitrogens with zero attached hydrogens (tertiary/aromatic N) is 1. The van der Waals surface area contributed by atoms with Crippen molar-refractivity contribution < 1.29 is 9.47 Å². The molecule has 1 N–H and O–H groups in total. The molecular weight excluding hydrogens is 240 g/mol. The van der Waals surface area contributed by atoms with Crippen LogP contribution < -0.4 is 10.1 Å². The van der Waals surface area contributed by atoms with Gasteiger partial charge in [0.1, 0.15) is 0 Å². The van der Waals surface area contributed by atoms with Gasteiger partial charge in [-0.1, -0.05) is 6.07 Å².